The molecule has 0 heterocycles. The highest BCUT2D eigenvalue weighted by Crippen LogP contribution is 2.10. The fourth-order valence-electron chi connectivity index (χ4n) is 0.396. The predicted octanol–water partition coefficient (Wildman–Crippen LogP) is 0.139. The van der Waals surface area contributed by atoms with Crippen LogP contribution in [0.15, 0.2) is 0 Å². The van der Waals surface area contributed by atoms with E-state index >= 15 is 0 Å². The molecule has 0 aliphatic rings. The highest BCUT2D eigenvalue weighted by Gasteiger charge is 2.32. The summed E-state index contributed by atoms with van der Waals surface area (Å²) in [4.78, 5) is 10.5. The zero-order valence-corrected chi connectivity index (χ0v) is 6.40. The Morgan fingerprint density at radius 2 is 2.18 bits per heavy atom. The van der Waals surface area contributed by atoms with Crippen LogP contribution in [0.1, 0.15) is 13.8 Å². The molecular weight excluding hydrogens is 156 g/mol. The van der Waals surface area contributed by atoms with E-state index in [1.807, 2.05) is 5.32 Å². The number of carbonyl (C=O) groups is 1. The first kappa shape index (κ1) is 10.3. The maximum atomic E-state index is 12.1. The quantitative estimate of drug-likeness (QED) is 0.628. The minimum atomic E-state index is -3.37. The number of carbonyl (C=O) groups excluding carboxylic acids is 1. The first-order valence-electron chi connectivity index (χ1n) is 3.17. The van der Waals surface area contributed by atoms with Crippen LogP contribution >= 0.6 is 0 Å². The molecule has 5 heteroatoms. The lowest BCUT2D eigenvalue weighted by atomic mass is 10.3. The van der Waals surface area contributed by atoms with Gasteiger partial charge in [0.15, 0.2) is 0 Å². The molecule has 0 bridgehead atoms. The third kappa shape index (κ3) is 3.87. The van der Waals surface area contributed by atoms with Gasteiger partial charge in [0.1, 0.15) is 0 Å². The largest absolute Gasteiger partial charge is 0.394 e. The van der Waals surface area contributed by atoms with E-state index in [-0.39, 0.29) is 6.61 Å². The molecule has 0 radical (unpaired) electrons. The normalized spacial score (nSPS) is 14.3. The van der Waals surface area contributed by atoms with E-state index in [0.717, 1.165) is 0 Å². The molecular formula is C6H11F2NO2. The molecule has 2 N–H and O–H groups in total. The van der Waals surface area contributed by atoms with Crippen LogP contribution in [-0.4, -0.2) is 29.6 Å². The van der Waals surface area contributed by atoms with Gasteiger partial charge in [0.25, 0.3) is 5.91 Å². The SMILES string of the molecule is C[C@H](CO)NC(=O)C(C)(F)F. The number of hydrogen-bond acceptors (Lipinski definition) is 2. The second-order valence-electron chi connectivity index (χ2n) is 2.45. The monoisotopic (exact) mass is 167 g/mol. The Labute approximate surface area is 63.4 Å². The van der Waals surface area contributed by atoms with Gasteiger partial charge in [-0.25, -0.2) is 0 Å². The lowest BCUT2D eigenvalue weighted by Gasteiger charge is -2.14. The molecule has 0 fully saturated rings. The van der Waals surface area contributed by atoms with Gasteiger partial charge >= 0.3 is 5.92 Å². The third-order valence-corrected chi connectivity index (χ3v) is 1.05. The van der Waals surface area contributed by atoms with Gasteiger partial charge in [-0.15, -0.1) is 0 Å². The van der Waals surface area contributed by atoms with Gasteiger partial charge in [0, 0.05) is 13.0 Å². The number of hydrogen-bond donors (Lipinski definition) is 2. The van der Waals surface area contributed by atoms with Crippen LogP contribution in [0.4, 0.5) is 8.78 Å². The summed E-state index contributed by atoms with van der Waals surface area (Å²) in [7, 11) is 0. The molecule has 0 saturated heterocycles. The highest BCUT2D eigenvalue weighted by atomic mass is 19.3. The lowest BCUT2D eigenvalue weighted by Crippen LogP contribution is -2.43. The zero-order chi connectivity index (χ0) is 9.07. The standard InChI is InChI=1S/C6H11F2NO2/c1-4(3-10)9-5(11)6(2,7)8/h4,10H,3H2,1-2H3,(H,9,11)/t4-/m1/s1. The van der Waals surface area contributed by atoms with E-state index in [1.165, 1.54) is 6.92 Å². The number of halogens is 2. The molecule has 66 valence electrons. The molecule has 0 spiro atoms. The van der Waals surface area contributed by atoms with Crippen molar-refractivity contribution < 1.29 is 18.7 Å². The van der Waals surface area contributed by atoms with Crippen molar-refractivity contribution in [3.63, 3.8) is 0 Å². The number of aliphatic hydroxyl groups is 1. The van der Waals surface area contributed by atoms with Crippen molar-refractivity contribution in [2.24, 2.45) is 0 Å². The average molecular weight is 167 g/mol. The van der Waals surface area contributed by atoms with Gasteiger partial charge in [-0.1, -0.05) is 0 Å². The number of rotatable bonds is 3. The number of nitrogens with one attached hydrogen (secondary N) is 1. The van der Waals surface area contributed by atoms with Crippen molar-refractivity contribution in [3.05, 3.63) is 0 Å². The molecule has 1 atom stereocenters. The van der Waals surface area contributed by atoms with Crippen molar-refractivity contribution in [1.29, 1.82) is 0 Å². The van der Waals surface area contributed by atoms with Crippen molar-refractivity contribution >= 4 is 5.91 Å². The molecule has 11 heavy (non-hydrogen) atoms. The molecule has 0 saturated carbocycles. The summed E-state index contributed by atoms with van der Waals surface area (Å²) in [6, 6.07) is -0.631. The molecule has 1 amide bonds. The van der Waals surface area contributed by atoms with Crippen LogP contribution in [0.25, 0.3) is 0 Å². The molecule has 0 aromatic heterocycles. The first-order chi connectivity index (χ1) is 4.88. The van der Waals surface area contributed by atoms with E-state index in [0.29, 0.717) is 6.92 Å². The van der Waals surface area contributed by atoms with Gasteiger partial charge in [-0.05, 0) is 6.92 Å². The van der Waals surface area contributed by atoms with Crippen LogP contribution in [-0.2, 0) is 4.79 Å². The topological polar surface area (TPSA) is 49.3 Å². The predicted molar refractivity (Wildman–Crippen MR) is 35.3 cm³/mol. The maximum Gasteiger partial charge on any atom is 0.321 e. The third-order valence-electron chi connectivity index (χ3n) is 1.05. The summed E-state index contributed by atoms with van der Waals surface area (Å²) in [6.45, 7) is 1.60. The summed E-state index contributed by atoms with van der Waals surface area (Å²) in [5.41, 5.74) is 0. The fourth-order valence-corrected chi connectivity index (χ4v) is 0.396. The number of alkyl halides is 2. The van der Waals surface area contributed by atoms with Crippen LogP contribution < -0.4 is 5.32 Å². The molecule has 0 aliphatic heterocycles. The average Bonchev–Trinajstić information content (AvgIpc) is 1.85. The van der Waals surface area contributed by atoms with Crippen LogP contribution in [0, 0.1) is 0 Å². The minimum absolute atomic E-state index is 0.345. The van der Waals surface area contributed by atoms with E-state index in [4.69, 9.17) is 5.11 Å². The van der Waals surface area contributed by atoms with E-state index in [9.17, 15) is 13.6 Å². The van der Waals surface area contributed by atoms with E-state index in [1.54, 1.807) is 0 Å². The fraction of sp³-hybridized carbons (Fsp3) is 0.833. The molecule has 0 aromatic carbocycles. The number of aliphatic hydroxyl groups excluding tert-OH is 1. The lowest BCUT2D eigenvalue weighted by molar-refractivity contribution is -0.144. The zero-order valence-electron chi connectivity index (χ0n) is 6.40. The molecule has 3 nitrogen and oxygen atoms in total. The Bertz CT molecular complexity index is 144. The van der Waals surface area contributed by atoms with Crippen molar-refractivity contribution in [1.82, 2.24) is 5.32 Å². The second-order valence-corrected chi connectivity index (χ2v) is 2.45. The maximum absolute atomic E-state index is 12.1. The Hall–Kier alpha value is -0.710. The Morgan fingerprint density at radius 1 is 1.73 bits per heavy atom. The van der Waals surface area contributed by atoms with Gasteiger partial charge in [-0.2, -0.15) is 8.78 Å². The molecule has 0 unspecified atom stereocenters. The Balaban J connectivity index is 3.88. The Kier molecular flexibility index (Phi) is 3.38. The summed E-state index contributed by atoms with van der Waals surface area (Å²) in [5.74, 6) is -4.73. The first-order valence-corrected chi connectivity index (χ1v) is 3.17. The molecule has 0 aliphatic carbocycles. The van der Waals surface area contributed by atoms with E-state index in [2.05, 4.69) is 0 Å². The van der Waals surface area contributed by atoms with Crippen LogP contribution in [0.2, 0.25) is 0 Å². The van der Waals surface area contributed by atoms with Crippen molar-refractivity contribution in [2.75, 3.05) is 6.61 Å². The van der Waals surface area contributed by atoms with Crippen LogP contribution in [0.3, 0.4) is 0 Å². The van der Waals surface area contributed by atoms with E-state index < -0.39 is 17.9 Å². The highest BCUT2D eigenvalue weighted by molar-refractivity contribution is 5.83. The smallest absolute Gasteiger partial charge is 0.321 e. The summed E-state index contributed by atoms with van der Waals surface area (Å²) < 4.78 is 24.2. The van der Waals surface area contributed by atoms with Crippen molar-refractivity contribution in [2.45, 2.75) is 25.8 Å². The minimum Gasteiger partial charge on any atom is -0.394 e. The van der Waals surface area contributed by atoms with Gasteiger partial charge in [-0.3, -0.25) is 4.79 Å². The van der Waals surface area contributed by atoms with Gasteiger partial charge in [0.05, 0.1) is 6.61 Å². The summed E-state index contributed by atoms with van der Waals surface area (Å²) in [5, 5.41) is 10.3. The van der Waals surface area contributed by atoms with Crippen LogP contribution in [0.5, 0.6) is 0 Å². The Morgan fingerprint density at radius 3 is 2.45 bits per heavy atom. The van der Waals surface area contributed by atoms with Crippen molar-refractivity contribution in [3.8, 4) is 0 Å². The summed E-state index contributed by atoms with van der Waals surface area (Å²) >= 11 is 0. The van der Waals surface area contributed by atoms with Gasteiger partial charge < -0.3 is 10.4 Å². The number of amides is 1. The van der Waals surface area contributed by atoms with Gasteiger partial charge in [0.2, 0.25) is 0 Å². The molecule has 0 aromatic rings. The molecule has 0 rings (SSSR count). The summed E-state index contributed by atoms with van der Waals surface area (Å²) in [6.07, 6.45) is 0. The second kappa shape index (κ2) is 3.61.